The number of nitrogens with zero attached hydrogens (tertiary/aromatic N) is 1. The Morgan fingerprint density at radius 2 is 1.38 bits per heavy atom. The van der Waals surface area contributed by atoms with Gasteiger partial charge in [-0.3, -0.25) is 0 Å². The Bertz CT molecular complexity index is 2540. The SMILES string of the molecule is C1=CCC(CN/N=C(\CC2=CCC(c3ccccc3)C=C2)c2cccc3oc4cccc(-c5ccc(-c6cccc7ccccc67)cc5)c4c23)C=C1. The van der Waals surface area contributed by atoms with E-state index >= 15 is 0 Å². The maximum Gasteiger partial charge on any atom is 0.136 e. The first-order chi connectivity index (χ1) is 25.8. The average Bonchev–Trinajstić information content (AvgIpc) is 3.61. The summed E-state index contributed by atoms with van der Waals surface area (Å²) in [4.78, 5) is 0. The predicted molar refractivity (Wildman–Crippen MR) is 219 cm³/mol. The van der Waals surface area contributed by atoms with Gasteiger partial charge in [0.1, 0.15) is 11.2 Å². The van der Waals surface area contributed by atoms with E-state index < -0.39 is 0 Å². The van der Waals surface area contributed by atoms with Gasteiger partial charge in [-0.25, -0.2) is 0 Å². The van der Waals surface area contributed by atoms with Crippen LogP contribution in [0.5, 0.6) is 0 Å². The van der Waals surface area contributed by atoms with Crippen LogP contribution in [0, 0.1) is 5.92 Å². The largest absolute Gasteiger partial charge is 0.456 e. The third kappa shape index (κ3) is 6.31. The number of hydrogen-bond donors (Lipinski definition) is 1. The zero-order chi connectivity index (χ0) is 34.7. The van der Waals surface area contributed by atoms with Gasteiger partial charge in [0.15, 0.2) is 0 Å². The van der Waals surface area contributed by atoms with Crippen molar-refractivity contribution in [3.63, 3.8) is 0 Å². The van der Waals surface area contributed by atoms with Crippen molar-refractivity contribution in [3.05, 3.63) is 193 Å². The molecule has 9 rings (SSSR count). The summed E-state index contributed by atoms with van der Waals surface area (Å²) in [5.74, 6) is 0.815. The Kier molecular flexibility index (Phi) is 8.68. The summed E-state index contributed by atoms with van der Waals surface area (Å²) >= 11 is 0. The van der Waals surface area contributed by atoms with E-state index in [-0.39, 0.29) is 0 Å². The number of rotatable bonds is 9. The van der Waals surface area contributed by atoms with Crippen LogP contribution in [0.4, 0.5) is 0 Å². The molecule has 1 aromatic heterocycles. The van der Waals surface area contributed by atoms with Gasteiger partial charge in [0.25, 0.3) is 0 Å². The number of nitrogens with one attached hydrogen (secondary N) is 1. The molecular formula is C49H40N2O. The van der Waals surface area contributed by atoms with Crippen LogP contribution in [0.3, 0.4) is 0 Å². The maximum absolute atomic E-state index is 6.58. The topological polar surface area (TPSA) is 37.5 Å². The van der Waals surface area contributed by atoms with E-state index in [4.69, 9.17) is 9.52 Å². The van der Waals surface area contributed by atoms with Crippen LogP contribution in [0.25, 0.3) is 55.0 Å². The Balaban J connectivity index is 1.10. The van der Waals surface area contributed by atoms with Crippen molar-refractivity contribution >= 4 is 38.4 Å². The van der Waals surface area contributed by atoms with E-state index in [2.05, 4.69) is 181 Å². The molecule has 0 amide bonds. The summed E-state index contributed by atoms with van der Waals surface area (Å²) in [5.41, 5.74) is 14.7. The molecule has 0 radical (unpaired) electrons. The normalized spacial score (nSPS) is 17.2. The molecular weight excluding hydrogens is 633 g/mol. The van der Waals surface area contributed by atoms with Crippen molar-refractivity contribution in [1.82, 2.24) is 5.43 Å². The minimum Gasteiger partial charge on any atom is -0.456 e. The quantitative estimate of drug-likeness (QED) is 0.122. The van der Waals surface area contributed by atoms with Gasteiger partial charge in [-0.1, -0.05) is 164 Å². The molecule has 252 valence electrons. The molecule has 0 bridgehead atoms. The van der Waals surface area contributed by atoms with E-state index in [0.717, 1.165) is 70.1 Å². The van der Waals surface area contributed by atoms with E-state index in [9.17, 15) is 0 Å². The molecule has 6 aromatic carbocycles. The molecule has 3 heteroatoms. The second-order valence-electron chi connectivity index (χ2n) is 13.9. The van der Waals surface area contributed by atoms with Crippen LogP contribution < -0.4 is 5.43 Å². The van der Waals surface area contributed by atoms with E-state index in [1.54, 1.807) is 0 Å². The molecule has 2 aliphatic rings. The summed E-state index contributed by atoms with van der Waals surface area (Å²) in [6.45, 7) is 0.783. The van der Waals surface area contributed by atoms with Crippen LogP contribution >= 0.6 is 0 Å². The lowest BCUT2D eigenvalue weighted by Gasteiger charge is -2.18. The number of hydrogen-bond acceptors (Lipinski definition) is 3. The highest BCUT2D eigenvalue weighted by molar-refractivity contribution is 6.22. The fourth-order valence-electron chi connectivity index (χ4n) is 7.83. The summed E-state index contributed by atoms with van der Waals surface area (Å²) in [6, 6.07) is 47.7. The first kappa shape index (κ1) is 31.8. The van der Waals surface area contributed by atoms with Crippen molar-refractivity contribution in [2.45, 2.75) is 25.2 Å². The summed E-state index contributed by atoms with van der Waals surface area (Å²) < 4.78 is 6.58. The molecule has 0 spiro atoms. The van der Waals surface area contributed by atoms with E-state index in [1.807, 2.05) is 0 Å². The van der Waals surface area contributed by atoms with Gasteiger partial charge in [0, 0.05) is 35.2 Å². The molecule has 3 nitrogen and oxygen atoms in total. The lowest BCUT2D eigenvalue weighted by Crippen LogP contribution is -2.20. The van der Waals surface area contributed by atoms with Gasteiger partial charge >= 0.3 is 0 Å². The van der Waals surface area contributed by atoms with Gasteiger partial charge in [-0.15, -0.1) is 0 Å². The number of benzene rings is 6. The van der Waals surface area contributed by atoms with Crippen molar-refractivity contribution < 1.29 is 4.42 Å². The Labute approximate surface area is 305 Å². The molecule has 2 aliphatic carbocycles. The van der Waals surface area contributed by atoms with Crippen LogP contribution in [0.15, 0.2) is 191 Å². The molecule has 52 heavy (non-hydrogen) atoms. The monoisotopic (exact) mass is 672 g/mol. The third-order valence-electron chi connectivity index (χ3n) is 10.5. The second kappa shape index (κ2) is 14.2. The fourth-order valence-corrected chi connectivity index (χ4v) is 7.83. The van der Waals surface area contributed by atoms with Crippen LogP contribution in [-0.4, -0.2) is 12.3 Å². The van der Waals surface area contributed by atoms with Gasteiger partial charge < -0.3 is 9.84 Å². The van der Waals surface area contributed by atoms with Crippen LogP contribution in [0.1, 0.15) is 36.3 Å². The molecule has 2 unspecified atom stereocenters. The molecule has 0 saturated carbocycles. The standard InChI is InChI=1S/C49H40N2O/c1-3-12-35(13-4-1)33-50-51-45(32-34-24-26-37(27-25-34)36-14-5-2-6-15-36)44-21-11-23-47-49(44)48-43(20-10-22-46(48)52-47)40-30-28-39(29-31-40)42-19-9-17-38-16-7-8-18-41(38)42/h1-12,14-26,28-31,35,37,50H,13,27,32-33H2/b51-45+. The van der Waals surface area contributed by atoms with Gasteiger partial charge in [0.05, 0.1) is 5.71 Å². The van der Waals surface area contributed by atoms with Crippen molar-refractivity contribution in [1.29, 1.82) is 0 Å². The third-order valence-corrected chi connectivity index (χ3v) is 10.5. The summed E-state index contributed by atoms with van der Waals surface area (Å²) in [6.07, 6.45) is 18.5. The lowest BCUT2D eigenvalue weighted by atomic mass is 9.87. The van der Waals surface area contributed by atoms with Crippen LogP contribution in [-0.2, 0) is 0 Å². The lowest BCUT2D eigenvalue weighted by molar-refractivity contribution is 0.577. The number of furan rings is 1. The second-order valence-corrected chi connectivity index (χ2v) is 13.9. The molecule has 0 saturated heterocycles. The van der Waals surface area contributed by atoms with Gasteiger partial charge in [0.2, 0.25) is 0 Å². The minimum atomic E-state index is 0.394. The summed E-state index contributed by atoms with van der Waals surface area (Å²) in [5, 5.41) is 9.90. The van der Waals surface area contributed by atoms with Crippen molar-refractivity contribution in [2.75, 3.05) is 6.54 Å². The van der Waals surface area contributed by atoms with Gasteiger partial charge in [-0.2, -0.15) is 5.10 Å². The highest BCUT2D eigenvalue weighted by atomic mass is 16.3. The first-order valence-electron chi connectivity index (χ1n) is 18.4. The minimum absolute atomic E-state index is 0.394. The van der Waals surface area contributed by atoms with Crippen molar-refractivity contribution in [2.24, 2.45) is 11.0 Å². The molecule has 2 atom stereocenters. The number of fused-ring (bicyclic) bond motifs is 4. The van der Waals surface area contributed by atoms with Crippen molar-refractivity contribution in [3.8, 4) is 22.3 Å². The molecule has 0 aliphatic heterocycles. The molecule has 1 heterocycles. The van der Waals surface area contributed by atoms with E-state index in [0.29, 0.717) is 11.8 Å². The highest BCUT2D eigenvalue weighted by Gasteiger charge is 2.20. The number of allylic oxidation sites excluding steroid dienone is 7. The molecule has 7 aromatic rings. The summed E-state index contributed by atoms with van der Waals surface area (Å²) in [7, 11) is 0. The zero-order valence-corrected chi connectivity index (χ0v) is 29.1. The number of hydrazone groups is 1. The fraction of sp³-hybridized carbons (Fsp3) is 0.122. The Morgan fingerprint density at radius 1 is 0.654 bits per heavy atom. The first-order valence-corrected chi connectivity index (χ1v) is 18.4. The zero-order valence-electron chi connectivity index (χ0n) is 29.1. The smallest absolute Gasteiger partial charge is 0.136 e. The Hall–Kier alpha value is -6.19. The average molecular weight is 673 g/mol. The van der Waals surface area contributed by atoms with Gasteiger partial charge in [-0.05, 0) is 75.1 Å². The maximum atomic E-state index is 6.58. The highest BCUT2D eigenvalue weighted by Crippen LogP contribution is 2.40. The predicted octanol–water partition coefficient (Wildman–Crippen LogP) is 12.6. The molecule has 0 fully saturated rings. The van der Waals surface area contributed by atoms with Crippen LogP contribution in [0.2, 0.25) is 0 Å². The Morgan fingerprint density at radius 3 is 2.19 bits per heavy atom. The van der Waals surface area contributed by atoms with E-state index in [1.165, 1.54) is 33.0 Å². The molecule has 1 N–H and O–H groups in total.